The third kappa shape index (κ3) is 8.64. The van der Waals surface area contributed by atoms with Crippen LogP contribution in [0.4, 0.5) is 5.69 Å². The largest absolute Gasteiger partial charge is 0.491 e. The van der Waals surface area contributed by atoms with E-state index in [-0.39, 0.29) is 24.3 Å². The highest BCUT2D eigenvalue weighted by Gasteiger charge is 2.11. The van der Waals surface area contributed by atoms with E-state index in [1.807, 2.05) is 12.1 Å². The molecule has 0 saturated carbocycles. The zero-order valence-electron chi connectivity index (χ0n) is 17.3. The van der Waals surface area contributed by atoms with Gasteiger partial charge in [-0.2, -0.15) is 0 Å². The maximum atomic E-state index is 12.3. The monoisotopic (exact) mass is 395 g/mol. The Balaban J connectivity index is 1.92. The number of benzene rings is 2. The third-order valence-electron chi connectivity index (χ3n) is 4.08. The first-order valence-electron chi connectivity index (χ1n) is 9.74. The van der Waals surface area contributed by atoms with E-state index in [0.717, 1.165) is 12.0 Å². The topological polar surface area (TPSA) is 75.6 Å². The molecule has 0 atom stereocenters. The van der Waals surface area contributed by atoms with Crippen LogP contribution in [0.25, 0.3) is 6.08 Å². The number of carbonyl (C=O) groups excluding carboxylic acids is 1. The van der Waals surface area contributed by atoms with Gasteiger partial charge in [0, 0.05) is 12.5 Å². The fourth-order valence-electron chi connectivity index (χ4n) is 2.81. The minimum atomic E-state index is -0.855. The second-order valence-electron chi connectivity index (χ2n) is 8.14. The van der Waals surface area contributed by atoms with Crippen molar-refractivity contribution in [1.29, 1.82) is 0 Å². The number of ether oxygens (including phenoxy) is 1. The van der Waals surface area contributed by atoms with E-state index >= 15 is 0 Å². The Hall–Kier alpha value is -3.08. The molecule has 0 radical (unpaired) electrons. The summed E-state index contributed by atoms with van der Waals surface area (Å²) in [4.78, 5) is 22.9. The molecule has 0 aliphatic carbocycles. The van der Waals surface area contributed by atoms with E-state index in [4.69, 9.17) is 9.84 Å². The molecule has 2 rings (SSSR count). The van der Waals surface area contributed by atoms with Crippen molar-refractivity contribution in [1.82, 2.24) is 0 Å². The predicted molar refractivity (Wildman–Crippen MR) is 116 cm³/mol. The number of anilines is 1. The smallest absolute Gasteiger partial charge is 0.303 e. The van der Waals surface area contributed by atoms with Gasteiger partial charge in [-0.15, -0.1) is 0 Å². The molecule has 0 saturated heterocycles. The Labute approximate surface area is 172 Å². The maximum Gasteiger partial charge on any atom is 0.303 e. The average Bonchev–Trinajstić information content (AvgIpc) is 2.64. The lowest BCUT2D eigenvalue weighted by Gasteiger charge is -2.17. The summed E-state index contributed by atoms with van der Waals surface area (Å²) < 4.78 is 5.60. The maximum absolute atomic E-state index is 12.3. The number of aliphatic carboxylic acids is 1. The molecule has 0 aliphatic rings. The second-order valence-corrected chi connectivity index (χ2v) is 8.14. The van der Waals surface area contributed by atoms with Crippen molar-refractivity contribution >= 4 is 23.6 Å². The zero-order chi connectivity index (χ0) is 21.3. The van der Waals surface area contributed by atoms with Crippen LogP contribution in [0.5, 0.6) is 5.75 Å². The summed E-state index contributed by atoms with van der Waals surface area (Å²) in [5, 5.41) is 11.5. The molecule has 2 aromatic rings. The molecular formula is C24H29NO4. The van der Waals surface area contributed by atoms with Crippen molar-refractivity contribution in [2.24, 2.45) is 5.41 Å². The molecule has 29 heavy (non-hydrogen) atoms. The number of hydrogen-bond acceptors (Lipinski definition) is 3. The van der Waals surface area contributed by atoms with Crippen molar-refractivity contribution in [3.8, 4) is 5.75 Å². The van der Waals surface area contributed by atoms with Gasteiger partial charge in [-0.05, 0) is 47.6 Å². The van der Waals surface area contributed by atoms with Gasteiger partial charge >= 0.3 is 5.97 Å². The molecule has 0 fully saturated rings. The molecule has 0 aromatic heterocycles. The average molecular weight is 395 g/mol. The highest BCUT2D eigenvalue weighted by atomic mass is 16.5. The van der Waals surface area contributed by atoms with Crippen LogP contribution in [-0.2, 0) is 16.0 Å². The Morgan fingerprint density at radius 2 is 1.76 bits per heavy atom. The lowest BCUT2D eigenvalue weighted by molar-refractivity contribution is -0.137. The van der Waals surface area contributed by atoms with Crippen molar-refractivity contribution < 1.29 is 19.4 Å². The minimum Gasteiger partial charge on any atom is -0.491 e. The number of carboxylic acid groups (broad SMARTS) is 1. The molecule has 0 aliphatic heterocycles. The van der Waals surface area contributed by atoms with Gasteiger partial charge in [0.2, 0.25) is 5.91 Å². The Bertz CT molecular complexity index is 848. The van der Waals surface area contributed by atoms with Crippen LogP contribution in [0.15, 0.2) is 54.6 Å². The number of hydrogen-bond donors (Lipinski definition) is 2. The fraction of sp³-hybridized carbons (Fsp3) is 0.333. The molecule has 154 valence electrons. The molecule has 0 heterocycles. The summed E-state index contributed by atoms with van der Waals surface area (Å²) in [5.74, 6) is -0.594. The number of carboxylic acids is 1. The molecule has 0 bridgehead atoms. The van der Waals surface area contributed by atoms with E-state index in [1.165, 1.54) is 11.6 Å². The second kappa shape index (κ2) is 10.5. The van der Waals surface area contributed by atoms with Crippen LogP contribution in [0.3, 0.4) is 0 Å². The van der Waals surface area contributed by atoms with Crippen LogP contribution >= 0.6 is 0 Å². The van der Waals surface area contributed by atoms with Crippen LogP contribution in [-0.4, -0.2) is 23.6 Å². The number of amides is 1. The first-order chi connectivity index (χ1) is 13.7. The molecule has 0 unspecified atom stereocenters. The quantitative estimate of drug-likeness (QED) is 0.454. The normalized spacial score (nSPS) is 11.4. The van der Waals surface area contributed by atoms with E-state index in [1.54, 1.807) is 30.3 Å². The highest BCUT2D eigenvalue weighted by Crippen LogP contribution is 2.24. The van der Waals surface area contributed by atoms with Crippen molar-refractivity contribution in [2.45, 2.75) is 40.0 Å². The number of nitrogens with one attached hydrogen (secondary N) is 1. The van der Waals surface area contributed by atoms with Gasteiger partial charge in [0.1, 0.15) is 5.75 Å². The van der Waals surface area contributed by atoms with Crippen molar-refractivity contribution in [3.05, 3.63) is 65.7 Å². The van der Waals surface area contributed by atoms with Gasteiger partial charge in [-0.3, -0.25) is 9.59 Å². The molecule has 5 heteroatoms. The summed E-state index contributed by atoms with van der Waals surface area (Å²) in [5.41, 5.74) is 3.02. The molecule has 2 aromatic carbocycles. The van der Waals surface area contributed by atoms with E-state index in [9.17, 15) is 9.59 Å². The third-order valence-corrected chi connectivity index (χ3v) is 4.08. The standard InChI is InChI=1S/C24H29NO4/c1-24(2,3)17-19-12-10-18(11-13-19)14-15-22(26)25-20-7-4-5-8-21(20)29-16-6-9-23(27)28/h4-5,7-8,10-15H,6,9,16-17H2,1-3H3,(H,25,26)(H,27,28). The Morgan fingerprint density at radius 1 is 1.07 bits per heavy atom. The number of para-hydroxylation sites is 2. The van der Waals surface area contributed by atoms with Gasteiger partial charge in [0.15, 0.2) is 0 Å². The van der Waals surface area contributed by atoms with Crippen molar-refractivity contribution in [3.63, 3.8) is 0 Å². The van der Waals surface area contributed by atoms with Crippen molar-refractivity contribution in [2.75, 3.05) is 11.9 Å². The zero-order valence-corrected chi connectivity index (χ0v) is 17.3. The Morgan fingerprint density at radius 3 is 2.41 bits per heavy atom. The van der Waals surface area contributed by atoms with Gasteiger partial charge in [0.25, 0.3) is 0 Å². The number of rotatable bonds is 9. The first kappa shape index (κ1) is 22.2. The van der Waals surface area contributed by atoms with Gasteiger partial charge in [-0.25, -0.2) is 0 Å². The summed E-state index contributed by atoms with van der Waals surface area (Å²) in [6.07, 6.45) is 4.71. The van der Waals surface area contributed by atoms with Crippen LogP contribution in [0, 0.1) is 5.41 Å². The van der Waals surface area contributed by atoms with Gasteiger partial charge in [0.05, 0.1) is 12.3 Å². The molecular weight excluding hydrogens is 366 g/mol. The predicted octanol–water partition coefficient (Wildman–Crippen LogP) is 5.17. The number of carbonyl (C=O) groups is 2. The van der Waals surface area contributed by atoms with Crippen LogP contribution < -0.4 is 10.1 Å². The Kier molecular flexibility index (Phi) is 8.01. The summed E-state index contributed by atoms with van der Waals surface area (Å²) in [6.45, 7) is 6.90. The summed E-state index contributed by atoms with van der Waals surface area (Å²) in [6, 6.07) is 15.3. The molecule has 5 nitrogen and oxygen atoms in total. The highest BCUT2D eigenvalue weighted by molar-refractivity contribution is 6.02. The lowest BCUT2D eigenvalue weighted by Crippen LogP contribution is -2.10. The molecule has 0 spiro atoms. The lowest BCUT2D eigenvalue weighted by atomic mass is 9.88. The molecule has 2 N–H and O–H groups in total. The van der Waals surface area contributed by atoms with Gasteiger partial charge in [-0.1, -0.05) is 57.2 Å². The van der Waals surface area contributed by atoms with E-state index in [0.29, 0.717) is 17.9 Å². The minimum absolute atomic E-state index is 0.0474. The SMILES string of the molecule is CC(C)(C)Cc1ccc(C=CC(=O)Nc2ccccc2OCCCC(=O)O)cc1. The molecule has 1 amide bonds. The fourth-order valence-corrected chi connectivity index (χ4v) is 2.81. The van der Waals surface area contributed by atoms with Gasteiger partial charge < -0.3 is 15.2 Å². The van der Waals surface area contributed by atoms with Crippen LogP contribution in [0.1, 0.15) is 44.7 Å². The summed E-state index contributed by atoms with van der Waals surface area (Å²) >= 11 is 0. The van der Waals surface area contributed by atoms with Crippen LogP contribution in [0.2, 0.25) is 0 Å². The first-order valence-corrected chi connectivity index (χ1v) is 9.74. The van der Waals surface area contributed by atoms with E-state index in [2.05, 4.69) is 38.2 Å². The van der Waals surface area contributed by atoms with E-state index < -0.39 is 5.97 Å². The summed E-state index contributed by atoms with van der Waals surface area (Å²) in [7, 11) is 0.